The van der Waals surface area contributed by atoms with Crippen molar-refractivity contribution in [2.75, 3.05) is 32.8 Å². The third-order valence-corrected chi connectivity index (χ3v) is 8.12. The van der Waals surface area contributed by atoms with Crippen molar-refractivity contribution in [2.45, 2.75) is 118 Å². The third-order valence-electron chi connectivity index (χ3n) is 8.12. The van der Waals surface area contributed by atoms with Gasteiger partial charge in [-0.05, 0) is 45.2 Å². The van der Waals surface area contributed by atoms with Crippen molar-refractivity contribution in [1.82, 2.24) is 10.6 Å². The zero-order valence-electron chi connectivity index (χ0n) is 23.8. The van der Waals surface area contributed by atoms with Crippen molar-refractivity contribution in [3.05, 3.63) is 0 Å². The molecule has 2 heterocycles. The van der Waals surface area contributed by atoms with Gasteiger partial charge in [0.2, 0.25) is 5.91 Å². The van der Waals surface area contributed by atoms with E-state index in [1.54, 1.807) is 0 Å². The maximum atomic E-state index is 12.9. The summed E-state index contributed by atoms with van der Waals surface area (Å²) in [5.41, 5.74) is 30.3. The van der Waals surface area contributed by atoms with E-state index in [0.717, 1.165) is 0 Å². The van der Waals surface area contributed by atoms with Crippen LogP contribution in [0.4, 0.5) is 0 Å². The molecule has 2 saturated heterocycles. The Morgan fingerprint density at radius 3 is 2.33 bits per heavy atom. The molecular weight excluding hydrogens is 558 g/mol. The molecule has 0 aromatic carbocycles. The predicted octanol–water partition coefficient (Wildman–Crippen LogP) is -6.42. The van der Waals surface area contributed by atoms with Crippen LogP contribution in [0, 0.1) is 0 Å². The van der Waals surface area contributed by atoms with Crippen LogP contribution >= 0.6 is 0 Å². The monoisotopic (exact) mass is 609 g/mol. The fourth-order valence-electron chi connectivity index (χ4n) is 5.64. The summed E-state index contributed by atoms with van der Waals surface area (Å²) in [6, 6.07) is -4.00. The number of nitrogens with two attached hydrogens (primary N) is 5. The summed E-state index contributed by atoms with van der Waals surface area (Å²) in [5, 5.41) is 56.6. The first-order chi connectivity index (χ1) is 20.1. The maximum absolute atomic E-state index is 12.9. The summed E-state index contributed by atoms with van der Waals surface area (Å²) in [6.45, 7) is -0.0552. The number of aliphatic hydroxyl groups excluding tert-OH is 5. The Morgan fingerprint density at radius 2 is 1.69 bits per heavy atom. The Balaban J connectivity index is 1.94. The standard InChI is InChI=1S/C25H51N7O10/c26-5-4-15(35)23(38)32-14-8-13(29)21(41-24-12(28)3-2-11(9-27)39-24)18(31-6-1-7-33)22(14)42-25-20(37)17(30)19(36)16(10-34)40-25/h11-22,24-25,31,33-37H,1-10,26-30H2,(H,32,38)/t11-,12?,13-,14+,15-,16?,17-,18?,19+,20?,21?,22-,24+,25+/m0/s1. The first-order valence-corrected chi connectivity index (χ1v) is 14.6. The predicted molar refractivity (Wildman–Crippen MR) is 148 cm³/mol. The van der Waals surface area contributed by atoms with Gasteiger partial charge in [-0.1, -0.05) is 0 Å². The van der Waals surface area contributed by atoms with Crippen molar-refractivity contribution in [3.63, 3.8) is 0 Å². The molecule has 0 aromatic heterocycles. The molecule has 5 unspecified atom stereocenters. The van der Waals surface area contributed by atoms with E-state index in [1.165, 1.54) is 0 Å². The van der Waals surface area contributed by atoms with Crippen molar-refractivity contribution < 1.29 is 49.3 Å². The summed E-state index contributed by atoms with van der Waals surface area (Å²) >= 11 is 0. The number of ether oxygens (including phenoxy) is 4. The van der Waals surface area contributed by atoms with E-state index in [4.69, 9.17) is 47.6 Å². The van der Waals surface area contributed by atoms with Gasteiger partial charge in [0.25, 0.3) is 0 Å². The molecule has 0 spiro atoms. The summed E-state index contributed by atoms with van der Waals surface area (Å²) in [6.07, 6.45) is -7.98. The van der Waals surface area contributed by atoms with Crippen LogP contribution in [0.25, 0.3) is 0 Å². The molecule has 246 valence electrons. The summed E-state index contributed by atoms with van der Waals surface area (Å²) in [7, 11) is 0. The van der Waals surface area contributed by atoms with Crippen molar-refractivity contribution >= 4 is 5.91 Å². The lowest BCUT2D eigenvalue weighted by atomic mass is 9.81. The highest BCUT2D eigenvalue weighted by atomic mass is 16.7. The highest BCUT2D eigenvalue weighted by molar-refractivity contribution is 5.80. The molecule has 3 rings (SSSR count). The first-order valence-electron chi connectivity index (χ1n) is 14.6. The lowest BCUT2D eigenvalue weighted by Crippen LogP contribution is -2.71. The fourth-order valence-corrected chi connectivity index (χ4v) is 5.64. The topological polar surface area (TPSA) is 309 Å². The Kier molecular flexibility index (Phi) is 14.1. The zero-order valence-corrected chi connectivity index (χ0v) is 23.8. The van der Waals surface area contributed by atoms with E-state index in [0.29, 0.717) is 25.8 Å². The van der Waals surface area contributed by atoms with Crippen molar-refractivity contribution in [3.8, 4) is 0 Å². The first kappa shape index (κ1) is 35.4. The van der Waals surface area contributed by atoms with Crippen LogP contribution in [-0.4, -0.2) is 150 Å². The van der Waals surface area contributed by atoms with Gasteiger partial charge in [-0.25, -0.2) is 0 Å². The molecule has 0 bridgehead atoms. The molecule has 14 atom stereocenters. The lowest BCUT2D eigenvalue weighted by molar-refractivity contribution is -0.303. The molecular formula is C25H51N7O10. The maximum Gasteiger partial charge on any atom is 0.249 e. The van der Waals surface area contributed by atoms with Gasteiger partial charge in [0.15, 0.2) is 12.6 Å². The minimum absolute atomic E-state index is 0.0225. The van der Waals surface area contributed by atoms with Gasteiger partial charge in [-0.15, -0.1) is 0 Å². The minimum atomic E-state index is -1.50. The van der Waals surface area contributed by atoms with Gasteiger partial charge < -0.3 is 83.8 Å². The second-order valence-corrected chi connectivity index (χ2v) is 11.3. The number of aliphatic hydroxyl groups is 5. The molecule has 42 heavy (non-hydrogen) atoms. The number of nitrogens with one attached hydrogen (secondary N) is 2. The molecule has 0 radical (unpaired) electrons. The van der Waals surface area contributed by atoms with Crippen LogP contribution in [0.5, 0.6) is 0 Å². The minimum Gasteiger partial charge on any atom is -0.396 e. The SMILES string of the molecule is NCC[C@H](O)C(=O)N[C@@H]1C[C@H](N)C(O[C@H]2O[C@H](CN)CCC2N)C(NCCCO)[C@H]1O[C@H]1OC(CO)[C@@H](O)[C@H](N)C1O. The van der Waals surface area contributed by atoms with Gasteiger partial charge in [0.1, 0.15) is 24.4 Å². The van der Waals surface area contributed by atoms with Gasteiger partial charge in [0, 0.05) is 19.2 Å². The molecule has 17 nitrogen and oxygen atoms in total. The van der Waals surface area contributed by atoms with Crippen LogP contribution in [-0.2, 0) is 23.7 Å². The number of hydrogen-bond acceptors (Lipinski definition) is 16. The number of carbonyl (C=O) groups excluding carboxylic acids is 1. The summed E-state index contributed by atoms with van der Waals surface area (Å²) in [5.74, 6) is -0.700. The van der Waals surface area contributed by atoms with E-state index in [2.05, 4.69) is 10.6 Å². The van der Waals surface area contributed by atoms with E-state index >= 15 is 0 Å². The number of amides is 1. The van der Waals surface area contributed by atoms with E-state index in [-0.39, 0.29) is 38.6 Å². The Morgan fingerprint density at radius 1 is 0.976 bits per heavy atom. The van der Waals surface area contributed by atoms with Crippen LogP contribution in [0.15, 0.2) is 0 Å². The van der Waals surface area contributed by atoms with Crippen LogP contribution in [0.3, 0.4) is 0 Å². The van der Waals surface area contributed by atoms with Gasteiger partial charge in [-0.3, -0.25) is 4.79 Å². The second kappa shape index (κ2) is 16.8. The molecule has 17 heteroatoms. The average molecular weight is 610 g/mol. The number of carbonyl (C=O) groups is 1. The van der Waals surface area contributed by atoms with Crippen LogP contribution in [0.1, 0.15) is 32.1 Å². The van der Waals surface area contributed by atoms with E-state index < -0.39 is 91.9 Å². The Labute approximate surface area is 245 Å². The van der Waals surface area contributed by atoms with Crippen LogP contribution < -0.4 is 39.3 Å². The molecule has 3 aliphatic rings. The summed E-state index contributed by atoms with van der Waals surface area (Å²) in [4.78, 5) is 12.9. The molecule has 1 amide bonds. The fraction of sp³-hybridized carbons (Fsp3) is 0.960. The van der Waals surface area contributed by atoms with E-state index in [1.807, 2.05) is 0 Å². The average Bonchev–Trinajstić information content (AvgIpc) is 2.97. The molecule has 1 saturated carbocycles. The largest absolute Gasteiger partial charge is 0.396 e. The molecule has 0 aromatic rings. The van der Waals surface area contributed by atoms with Crippen molar-refractivity contribution in [1.29, 1.82) is 0 Å². The van der Waals surface area contributed by atoms with Gasteiger partial charge in [-0.2, -0.15) is 0 Å². The van der Waals surface area contributed by atoms with Gasteiger partial charge in [0.05, 0.1) is 49.1 Å². The second-order valence-electron chi connectivity index (χ2n) is 11.3. The molecule has 1 aliphatic carbocycles. The molecule has 3 fully saturated rings. The Hall–Kier alpha value is -1.13. The molecule has 17 N–H and O–H groups in total. The third kappa shape index (κ3) is 8.74. The normalized spacial score (nSPS) is 41.8. The Bertz CT molecular complexity index is 820. The van der Waals surface area contributed by atoms with E-state index in [9.17, 15) is 30.3 Å². The smallest absolute Gasteiger partial charge is 0.249 e. The van der Waals surface area contributed by atoms with Crippen LogP contribution in [0.2, 0.25) is 0 Å². The highest BCUT2D eigenvalue weighted by Crippen LogP contribution is 2.31. The molecule has 2 aliphatic heterocycles. The lowest BCUT2D eigenvalue weighted by Gasteiger charge is -2.50. The number of rotatable bonds is 14. The summed E-state index contributed by atoms with van der Waals surface area (Å²) < 4.78 is 24.3. The zero-order chi connectivity index (χ0) is 31.0. The highest BCUT2D eigenvalue weighted by Gasteiger charge is 2.51. The van der Waals surface area contributed by atoms with Crippen molar-refractivity contribution in [2.24, 2.45) is 28.7 Å². The van der Waals surface area contributed by atoms with Gasteiger partial charge >= 0.3 is 0 Å². The quantitative estimate of drug-likeness (QED) is 0.0814. The number of hydrogen-bond donors (Lipinski definition) is 12.